The number of nitrogen functional groups attached to an aromatic ring is 1. The van der Waals surface area contributed by atoms with Crippen molar-refractivity contribution in [2.45, 2.75) is 19.9 Å². The van der Waals surface area contributed by atoms with Crippen molar-refractivity contribution in [1.82, 2.24) is 9.78 Å². The molecule has 1 atom stereocenters. The van der Waals surface area contributed by atoms with E-state index in [9.17, 15) is 4.79 Å². The van der Waals surface area contributed by atoms with Gasteiger partial charge in [-0.05, 0) is 13.8 Å². The average Bonchev–Trinajstić information content (AvgIpc) is 2.32. The normalized spacial score (nSPS) is 12.8. The van der Waals surface area contributed by atoms with E-state index in [0.717, 1.165) is 5.69 Å². The number of hydrogen-bond donors (Lipinski definition) is 2. The van der Waals surface area contributed by atoms with Crippen LogP contribution in [0.4, 0.5) is 5.69 Å². The van der Waals surface area contributed by atoms with Crippen molar-refractivity contribution < 1.29 is 4.79 Å². The summed E-state index contributed by atoms with van der Waals surface area (Å²) in [6.45, 7) is 3.48. The van der Waals surface area contributed by atoms with Crippen LogP contribution in [-0.2, 0) is 4.79 Å². The van der Waals surface area contributed by atoms with E-state index in [-0.39, 0.29) is 0 Å². The Kier molecular flexibility index (Phi) is 2.03. The van der Waals surface area contributed by atoms with Gasteiger partial charge in [0, 0.05) is 0 Å². The molecule has 0 spiro atoms. The summed E-state index contributed by atoms with van der Waals surface area (Å²) in [7, 11) is 0. The fraction of sp³-hybridized carbons (Fsp3) is 0.429. The highest BCUT2D eigenvalue weighted by Gasteiger charge is 2.14. The number of rotatable bonds is 2. The molecule has 0 saturated carbocycles. The highest BCUT2D eigenvalue weighted by molar-refractivity contribution is 5.78. The van der Waals surface area contributed by atoms with Crippen molar-refractivity contribution in [2.75, 3.05) is 5.73 Å². The summed E-state index contributed by atoms with van der Waals surface area (Å²) in [4.78, 5) is 10.8. The van der Waals surface area contributed by atoms with Crippen molar-refractivity contribution in [3.8, 4) is 0 Å². The topological polar surface area (TPSA) is 86.9 Å². The number of hydrogen-bond acceptors (Lipinski definition) is 3. The molecule has 12 heavy (non-hydrogen) atoms. The molecule has 1 rings (SSSR count). The first kappa shape index (κ1) is 8.58. The smallest absolute Gasteiger partial charge is 0.242 e. The van der Waals surface area contributed by atoms with Gasteiger partial charge in [-0.3, -0.25) is 9.48 Å². The second-order valence-electron chi connectivity index (χ2n) is 2.71. The molecule has 0 fully saturated rings. The molecule has 0 radical (unpaired) electrons. The van der Waals surface area contributed by atoms with Crippen LogP contribution in [0.2, 0.25) is 0 Å². The Balaban J connectivity index is 3.03. The molecule has 1 heterocycles. The number of aromatic nitrogens is 2. The molecule has 0 bridgehead atoms. The summed E-state index contributed by atoms with van der Waals surface area (Å²) in [5, 5.41) is 3.93. The van der Waals surface area contributed by atoms with Crippen molar-refractivity contribution in [2.24, 2.45) is 5.73 Å². The van der Waals surface area contributed by atoms with E-state index >= 15 is 0 Å². The number of nitrogens with zero attached hydrogens (tertiary/aromatic N) is 2. The molecule has 0 saturated heterocycles. The highest BCUT2D eigenvalue weighted by atomic mass is 16.1. The van der Waals surface area contributed by atoms with Gasteiger partial charge in [-0.25, -0.2) is 0 Å². The zero-order valence-corrected chi connectivity index (χ0v) is 7.11. The summed E-state index contributed by atoms with van der Waals surface area (Å²) in [6.07, 6.45) is 1.51. The lowest BCUT2D eigenvalue weighted by Crippen LogP contribution is -2.25. The maximum absolute atomic E-state index is 10.8. The lowest BCUT2D eigenvalue weighted by atomic mass is 10.3. The summed E-state index contributed by atoms with van der Waals surface area (Å²) in [5.74, 6) is -0.416. The third-order valence-corrected chi connectivity index (χ3v) is 1.86. The predicted octanol–water partition coefficient (Wildman–Crippen LogP) is -0.180. The number of primary amides is 1. The van der Waals surface area contributed by atoms with Gasteiger partial charge in [0.15, 0.2) is 0 Å². The number of anilines is 1. The molecule has 1 amide bonds. The van der Waals surface area contributed by atoms with Gasteiger partial charge in [-0.15, -0.1) is 0 Å². The molecule has 5 heteroatoms. The van der Waals surface area contributed by atoms with Crippen LogP contribution in [-0.4, -0.2) is 15.7 Å². The minimum Gasteiger partial charge on any atom is -0.396 e. The quantitative estimate of drug-likeness (QED) is 0.642. The summed E-state index contributed by atoms with van der Waals surface area (Å²) in [6, 6.07) is -0.442. The molecule has 0 aromatic carbocycles. The molecule has 4 N–H and O–H groups in total. The fourth-order valence-corrected chi connectivity index (χ4v) is 0.948. The van der Waals surface area contributed by atoms with Crippen LogP contribution in [0.15, 0.2) is 6.20 Å². The summed E-state index contributed by atoms with van der Waals surface area (Å²) in [5.41, 5.74) is 12.0. The van der Waals surface area contributed by atoms with E-state index in [4.69, 9.17) is 11.5 Å². The number of amides is 1. The van der Waals surface area contributed by atoms with Crippen molar-refractivity contribution >= 4 is 11.6 Å². The Bertz CT molecular complexity index is 304. The Morgan fingerprint density at radius 1 is 1.75 bits per heavy atom. The first-order valence-corrected chi connectivity index (χ1v) is 3.63. The maximum atomic E-state index is 10.8. The van der Waals surface area contributed by atoms with Gasteiger partial charge in [0.2, 0.25) is 5.91 Å². The Hall–Kier alpha value is -1.52. The van der Waals surface area contributed by atoms with Crippen LogP contribution in [0.5, 0.6) is 0 Å². The third-order valence-electron chi connectivity index (χ3n) is 1.86. The van der Waals surface area contributed by atoms with E-state index in [1.165, 1.54) is 10.9 Å². The van der Waals surface area contributed by atoms with E-state index in [1.807, 2.05) is 0 Å². The molecule has 66 valence electrons. The number of carbonyl (C=O) groups excluding carboxylic acids is 1. The van der Waals surface area contributed by atoms with Crippen LogP contribution < -0.4 is 11.5 Å². The molecular formula is C7H12N4O. The lowest BCUT2D eigenvalue weighted by Gasteiger charge is -2.09. The van der Waals surface area contributed by atoms with Crippen molar-refractivity contribution in [3.05, 3.63) is 11.9 Å². The van der Waals surface area contributed by atoms with E-state index in [0.29, 0.717) is 5.69 Å². The average molecular weight is 168 g/mol. The van der Waals surface area contributed by atoms with Gasteiger partial charge in [0.1, 0.15) is 6.04 Å². The van der Waals surface area contributed by atoms with Gasteiger partial charge in [-0.1, -0.05) is 0 Å². The van der Waals surface area contributed by atoms with E-state index in [1.54, 1.807) is 13.8 Å². The Labute approximate surface area is 70.3 Å². The first-order chi connectivity index (χ1) is 5.54. The predicted molar refractivity (Wildman–Crippen MR) is 45.3 cm³/mol. The van der Waals surface area contributed by atoms with Crippen LogP contribution >= 0.6 is 0 Å². The zero-order valence-electron chi connectivity index (χ0n) is 7.11. The minimum atomic E-state index is -0.442. The molecular weight excluding hydrogens is 156 g/mol. The summed E-state index contributed by atoms with van der Waals surface area (Å²) >= 11 is 0. The van der Waals surface area contributed by atoms with Gasteiger partial charge < -0.3 is 11.5 Å². The largest absolute Gasteiger partial charge is 0.396 e. The van der Waals surface area contributed by atoms with Crippen LogP contribution in [0.1, 0.15) is 18.7 Å². The Morgan fingerprint density at radius 2 is 2.33 bits per heavy atom. The lowest BCUT2D eigenvalue weighted by molar-refractivity contribution is -0.120. The van der Waals surface area contributed by atoms with Gasteiger partial charge >= 0.3 is 0 Å². The van der Waals surface area contributed by atoms with Gasteiger partial charge in [0.25, 0.3) is 0 Å². The van der Waals surface area contributed by atoms with Crippen molar-refractivity contribution in [3.63, 3.8) is 0 Å². The molecule has 1 aromatic heterocycles. The molecule has 0 aliphatic rings. The van der Waals surface area contributed by atoms with Crippen LogP contribution in [0.25, 0.3) is 0 Å². The number of carbonyl (C=O) groups is 1. The SMILES string of the molecule is Cc1c(N)cnn1C(C)C(N)=O. The standard InChI is InChI=1S/C7H12N4O/c1-4-6(8)3-10-11(4)5(2)7(9)12/h3,5H,8H2,1-2H3,(H2,9,12). The second kappa shape index (κ2) is 2.84. The molecule has 0 aliphatic carbocycles. The molecule has 1 unspecified atom stereocenters. The highest BCUT2D eigenvalue weighted by Crippen LogP contribution is 2.13. The van der Waals surface area contributed by atoms with Crippen LogP contribution in [0, 0.1) is 6.92 Å². The zero-order chi connectivity index (χ0) is 9.30. The van der Waals surface area contributed by atoms with E-state index < -0.39 is 11.9 Å². The monoisotopic (exact) mass is 168 g/mol. The Morgan fingerprint density at radius 3 is 2.67 bits per heavy atom. The molecule has 5 nitrogen and oxygen atoms in total. The second-order valence-corrected chi connectivity index (χ2v) is 2.71. The fourth-order valence-electron chi connectivity index (χ4n) is 0.948. The minimum absolute atomic E-state index is 0.416. The molecule has 1 aromatic rings. The summed E-state index contributed by atoms with van der Waals surface area (Å²) < 4.78 is 1.51. The first-order valence-electron chi connectivity index (χ1n) is 3.63. The van der Waals surface area contributed by atoms with Gasteiger partial charge in [0.05, 0.1) is 17.6 Å². The van der Waals surface area contributed by atoms with Gasteiger partial charge in [-0.2, -0.15) is 5.10 Å². The third kappa shape index (κ3) is 1.25. The van der Waals surface area contributed by atoms with Crippen LogP contribution in [0.3, 0.4) is 0 Å². The number of nitrogens with two attached hydrogens (primary N) is 2. The molecule has 0 aliphatic heterocycles. The van der Waals surface area contributed by atoms with E-state index in [2.05, 4.69) is 5.10 Å². The maximum Gasteiger partial charge on any atom is 0.242 e. The van der Waals surface area contributed by atoms with Crippen molar-refractivity contribution in [1.29, 1.82) is 0 Å².